The number of carbonyl (C=O) groups excluding carboxylic acids is 1. The first-order valence-electron chi connectivity index (χ1n) is 6.63. The number of benzene rings is 1. The Morgan fingerprint density at radius 2 is 1.64 bits per heavy atom. The first kappa shape index (κ1) is 16.7. The maximum absolute atomic E-state index is 12.9. The molecule has 11 heteroatoms. The average Bonchev–Trinajstić information content (AvgIpc) is 2.79. The van der Waals surface area contributed by atoms with E-state index in [4.69, 9.17) is 0 Å². The molecule has 1 aromatic carbocycles. The van der Waals surface area contributed by atoms with Crippen LogP contribution in [0.25, 0.3) is 0 Å². The third kappa shape index (κ3) is 3.87. The average molecular weight is 361 g/mol. The Morgan fingerprint density at radius 1 is 1.00 bits per heavy atom. The summed E-state index contributed by atoms with van der Waals surface area (Å²) in [5, 5.41) is 4.45. The summed E-state index contributed by atoms with van der Waals surface area (Å²) in [4.78, 5) is 15.0. The van der Waals surface area contributed by atoms with Crippen LogP contribution in [0.2, 0.25) is 0 Å². The number of rotatable bonds is 2. The summed E-state index contributed by atoms with van der Waals surface area (Å²) >= 11 is 0. The van der Waals surface area contributed by atoms with Crippen molar-refractivity contribution in [2.75, 3.05) is 10.6 Å². The molecule has 0 radical (unpaired) electrons. The molecule has 2 aromatic rings. The molecule has 0 saturated heterocycles. The lowest BCUT2D eigenvalue weighted by molar-refractivity contribution is -0.286. The van der Waals surface area contributed by atoms with Gasteiger partial charge in [0.15, 0.2) is 11.5 Å². The van der Waals surface area contributed by atoms with Gasteiger partial charge in [0.05, 0.1) is 0 Å². The fourth-order valence-corrected chi connectivity index (χ4v) is 1.98. The number of halogens is 5. The number of carbonyl (C=O) groups is 1. The van der Waals surface area contributed by atoms with Gasteiger partial charge in [-0.2, -0.15) is 13.2 Å². The summed E-state index contributed by atoms with van der Waals surface area (Å²) in [6, 6.07) is 4.43. The fourth-order valence-electron chi connectivity index (χ4n) is 1.98. The lowest BCUT2D eigenvalue weighted by Gasteiger charge is -2.10. The van der Waals surface area contributed by atoms with Crippen LogP contribution in [0.1, 0.15) is 5.69 Å². The minimum absolute atomic E-state index is 0.0719. The van der Waals surface area contributed by atoms with Crippen LogP contribution < -0.4 is 20.1 Å². The second kappa shape index (κ2) is 5.76. The highest BCUT2D eigenvalue weighted by Crippen LogP contribution is 2.42. The molecule has 132 valence electrons. The number of urea groups is 1. The van der Waals surface area contributed by atoms with E-state index in [0.717, 1.165) is 24.4 Å². The Kier molecular flexibility index (Phi) is 3.85. The molecular weight excluding hydrogens is 353 g/mol. The summed E-state index contributed by atoms with van der Waals surface area (Å²) in [6.45, 7) is 0. The number of hydrogen-bond acceptors (Lipinski definition) is 4. The monoisotopic (exact) mass is 361 g/mol. The summed E-state index contributed by atoms with van der Waals surface area (Å²) in [5.41, 5.74) is -1.25. The van der Waals surface area contributed by atoms with Crippen molar-refractivity contribution < 1.29 is 36.2 Å². The minimum Gasteiger partial charge on any atom is -0.395 e. The van der Waals surface area contributed by atoms with Gasteiger partial charge in [-0.05, 0) is 24.3 Å². The minimum atomic E-state index is -4.66. The lowest BCUT2D eigenvalue weighted by atomic mass is 10.3. The Balaban J connectivity index is 1.68. The lowest BCUT2D eigenvalue weighted by Crippen LogP contribution is -2.25. The zero-order chi connectivity index (χ0) is 18.2. The number of ether oxygens (including phenoxy) is 2. The Labute approximate surface area is 136 Å². The van der Waals surface area contributed by atoms with Gasteiger partial charge in [0.2, 0.25) is 0 Å². The van der Waals surface area contributed by atoms with Gasteiger partial charge in [0, 0.05) is 23.6 Å². The summed E-state index contributed by atoms with van der Waals surface area (Å²) in [5.74, 6) is -0.494. The number of amides is 2. The van der Waals surface area contributed by atoms with E-state index in [0.29, 0.717) is 6.07 Å². The van der Waals surface area contributed by atoms with Gasteiger partial charge < -0.3 is 20.1 Å². The Bertz CT molecular complexity index is 826. The molecule has 1 aromatic heterocycles. The zero-order valence-electron chi connectivity index (χ0n) is 12.0. The molecule has 2 N–H and O–H groups in total. The number of aromatic nitrogens is 1. The number of hydrogen-bond donors (Lipinski definition) is 2. The highest BCUT2D eigenvalue weighted by atomic mass is 19.4. The van der Waals surface area contributed by atoms with Crippen molar-refractivity contribution in [1.82, 2.24) is 4.98 Å². The molecule has 0 aliphatic carbocycles. The molecule has 0 saturated carbocycles. The molecule has 1 aliphatic heterocycles. The van der Waals surface area contributed by atoms with E-state index in [1.165, 1.54) is 6.07 Å². The van der Waals surface area contributed by atoms with Gasteiger partial charge >= 0.3 is 18.5 Å². The third-order valence-electron chi connectivity index (χ3n) is 2.97. The molecule has 3 rings (SSSR count). The van der Waals surface area contributed by atoms with Crippen molar-refractivity contribution in [2.45, 2.75) is 12.5 Å². The van der Waals surface area contributed by atoms with E-state index in [1.54, 1.807) is 0 Å². The van der Waals surface area contributed by atoms with Crippen molar-refractivity contribution in [1.29, 1.82) is 0 Å². The predicted octanol–water partition coefficient (Wildman–Crippen LogP) is 4.07. The molecule has 0 unspecified atom stereocenters. The first-order chi connectivity index (χ1) is 11.6. The normalized spacial score (nSPS) is 14.9. The van der Waals surface area contributed by atoms with Gasteiger partial charge in [-0.25, -0.2) is 4.79 Å². The quantitative estimate of drug-likeness (QED) is 0.791. The number of fused-ring (bicyclic) bond motifs is 1. The van der Waals surface area contributed by atoms with Gasteiger partial charge in [0.25, 0.3) is 0 Å². The van der Waals surface area contributed by atoms with E-state index in [2.05, 4.69) is 25.1 Å². The van der Waals surface area contributed by atoms with Crippen LogP contribution in [-0.4, -0.2) is 17.3 Å². The second-order valence-corrected chi connectivity index (χ2v) is 4.84. The third-order valence-corrected chi connectivity index (χ3v) is 2.97. The number of nitrogens with zero attached hydrogens (tertiary/aromatic N) is 1. The molecule has 6 nitrogen and oxygen atoms in total. The van der Waals surface area contributed by atoms with E-state index in [9.17, 15) is 26.7 Å². The van der Waals surface area contributed by atoms with Gasteiger partial charge in [-0.15, -0.1) is 8.78 Å². The Hall–Kier alpha value is -3.11. The van der Waals surface area contributed by atoms with Crippen LogP contribution in [0.4, 0.5) is 38.1 Å². The molecule has 1 aliphatic rings. The molecule has 25 heavy (non-hydrogen) atoms. The second-order valence-electron chi connectivity index (χ2n) is 4.84. The van der Waals surface area contributed by atoms with Crippen molar-refractivity contribution in [2.24, 2.45) is 0 Å². The van der Waals surface area contributed by atoms with Gasteiger partial charge in [-0.1, -0.05) is 0 Å². The molecule has 0 atom stereocenters. The van der Waals surface area contributed by atoms with Crippen LogP contribution in [0.15, 0.2) is 36.5 Å². The number of nitrogens with one attached hydrogen (secondary N) is 2. The standard InChI is InChI=1S/C14H8F5N3O3/c15-13(16,17)11-6-8(3-4-20-11)22-12(23)21-7-1-2-9-10(5-7)25-14(18,19)24-9/h1-6H,(H2,20,21,22,23). The molecule has 0 spiro atoms. The zero-order valence-corrected chi connectivity index (χ0v) is 12.0. The van der Waals surface area contributed by atoms with Gasteiger partial charge in [-0.3, -0.25) is 4.98 Å². The van der Waals surface area contributed by atoms with Gasteiger partial charge in [0.1, 0.15) is 5.69 Å². The highest BCUT2D eigenvalue weighted by molar-refractivity contribution is 5.99. The molecule has 2 amide bonds. The smallest absolute Gasteiger partial charge is 0.395 e. The van der Waals surface area contributed by atoms with Crippen LogP contribution in [-0.2, 0) is 6.18 Å². The molecule has 2 heterocycles. The summed E-state index contributed by atoms with van der Waals surface area (Å²) < 4.78 is 71.9. The van der Waals surface area contributed by atoms with Crippen molar-refractivity contribution in [3.05, 3.63) is 42.2 Å². The molecule has 0 fully saturated rings. The number of pyridine rings is 1. The fraction of sp³-hybridized carbons (Fsp3) is 0.143. The maximum Gasteiger partial charge on any atom is 0.586 e. The predicted molar refractivity (Wildman–Crippen MR) is 74.5 cm³/mol. The van der Waals surface area contributed by atoms with Crippen LogP contribution >= 0.6 is 0 Å². The SMILES string of the molecule is O=C(Nc1ccnc(C(F)(F)F)c1)Nc1ccc2c(c1)OC(F)(F)O2. The number of alkyl halides is 5. The summed E-state index contributed by atoms with van der Waals surface area (Å²) in [7, 11) is 0. The summed E-state index contributed by atoms with van der Waals surface area (Å²) in [6.07, 6.45) is -7.56. The van der Waals surface area contributed by atoms with Crippen LogP contribution in [0.5, 0.6) is 11.5 Å². The highest BCUT2D eigenvalue weighted by Gasteiger charge is 2.43. The topological polar surface area (TPSA) is 72.5 Å². The van der Waals surface area contributed by atoms with Crippen molar-refractivity contribution in [3.63, 3.8) is 0 Å². The molecule has 0 bridgehead atoms. The van der Waals surface area contributed by atoms with E-state index in [-0.39, 0.29) is 22.9 Å². The van der Waals surface area contributed by atoms with Crippen molar-refractivity contribution >= 4 is 17.4 Å². The molecular formula is C14H8F5N3O3. The van der Waals surface area contributed by atoms with Crippen LogP contribution in [0, 0.1) is 0 Å². The van der Waals surface area contributed by atoms with Crippen molar-refractivity contribution in [3.8, 4) is 11.5 Å². The van der Waals surface area contributed by atoms with E-state index < -0.39 is 24.2 Å². The maximum atomic E-state index is 12.9. The Morgan fingerprint density at radius 3 is 2.32 bits per heavy atom. The number of anilines is 2. The largest absolute Gasteiger partial charge is 0.586 e. The van der Waals surface area contributed by atoms with E-state index in [1.807, 2.05) is 0 Å². The van der Waals surface area contributed by atoms with E-state index >= 15 is 0 Å². The van der Waals surface area contributed by atoms with Crippen LogP contribution in [0.3, 0.4) is 0 Å². The first-order valence-corrected chi connectivity index (χ1v) is 6.63.